The first kappa shape index (κ1) is 25.6. The van der Waals surface area contributed by atoms with Crippen LogP contribution < -0.4 is 10.6 Å². The normalized spacial score (nSPS) is 18.5. The first-order chi connectivity index (χ1) is 18.4. The van der Waals surface area contributed by atoms with Crippen molar-refractivity contribution in [3.05, 3.63) is 77.3 Å². The van der Waals surface area contributed by atoms with Gasteiger partial charge in [0.25, 0.3) is 5.91 Å². The van der Waals surface area contributed by atoms with Crippen LogP contribution in [0.3, 0.4) is 0 Å². The molecule has 0 bridgehead atoms. The molecule has 9 nitrogen and oxygen atoms in total. The van der Waals surface area contributed by atoms with E-state index in [4.69, 9.17) is 4.74 Å². The topological polar surface area (TPSA) is 86.5 Å². The molecule has 0 saturated carbocycles. The first-order valence-electron chi connectivity index (χ1n) is 12.5. The number of hydrogen-bond acceptors (Lipinski definition) is 7. The van der Waals surface area contributed by atoms with E-state index in [2.05, 4.69) is 58.1 Å². The summed E-state index contributed by atoms with van der Waals surface area (Å²) in [5.41, 5.74) is 5.27. The maximum absolute atomic E-state index is 13.7. The Morgan fingerprint density at radius 3 is 2.97 bits per heavy atom. The number of benzene rings is 1. The predicted octanol–water partition coefficient (Wildman–Crippen LogP) is 3.50. The summed E-state index contributed by atoms with van der Waals surface area (Å²) in [4.78, 5) is 25.8. The highest BCUT2D eigenvalue weighted by molar-refractivity contribution is 6.05. The van der Waals surface area contributed by atoms with E-state index in [0.29, 0.717) is 48.5 Å². The minimum atomic E-state index is -0.349. The monoisotopic (exact) mass is 517 g/mol. The molecule has 0 aliphatic carbocycles. The third kappa shape index (κ3) is 5.05. The quantitative estimate of drug-likeness (QED) is 0.369. The van der Waals surface area contributed by atoms with Crippen molar-refractivity contribution < 1.29 is 13.9 Å². The third-order valence-electron chi connectivity index (χ3n) is 7.11. The fourth-order valence-corrected chi connectivity index (χ4v) is 4.85. The van der Waals surface area contributed by atoms with Gasteiger partial charge in [-0.1, -0.05) is 6.07 Å². The molecule has 2 aromatic heterocycles. The summed E-state index contributed by atoms with van der Waals surface area (Å²) in [7, 11) is 4.13. The Morgan fingerprint density at radius 2 is 2.18 bits per heavy atom. The van der Waals surface area contributed by atoms with Crippen molar-refractivity contribution in [3.8, 4) is 11.3 Å². The lowest BCUT2D eigenvalue weighted by Crippen LogP contribution is -2.40. The Bertz CT molecular complexity index is 1440. The van der Waals surface area contributed by atoms with Crippen LogP contribution in [0.2, 0.25) is 0 Å². The molecule has 198 valence electrons. The fourth-order valence-electron chi connectivity index (χ4n) is 4.85. The molecule has 1 fully saturated rings. The number of aliphatic imine (C=N–C) groups is 1. The van der Waals surface area contributed by atoms with Crippen LogP contribution in [-0.4, -0.2) is 78.2 Å². The van der Waals surface area contributed by atoms with E-state index in [-0.39, 0.29) is 11.7 Å². The molecule has 0 unspecified atom stereocenters. The van der Waals surface area contributed by atoms with Gasteiger partial charge in [-0.05, 0) is 57.6 Å². The summed E-state index contributed by atoms with van der Waals surface area (Å²) in [6, 6.07) is 6.87. The van der Waals surface area contributed by atoms with Crippen LogP contribution in [0.1, 0.15) is 22.8 Å². The molecule has 1 atom stereocenters. The number of imidazole rings is 1. The third-order valence-corrected chi connectivity index (χ3v) is 7.11. The van der Waals surface area contributed by atoms with Gasteiger partial charge in [-0.25, -0.2) is 14.4 Å². The van der Waals surface area contributed by atoms with Crippen molar-refractivity contribution in [3.63, 3.8) is 0 Å². The van der Waals surface area contributed by atoms with Gasteiger partial charge >= 0.3 is 0 Å². The Morgan fingerprint density at radius 1 is 1.34 bits per heavy atom. The zero-order chi connectivity index (χ0) is 26.8. The lowest BCUT2D eigenvalue weighted by Gasteiger charge is -2.29. The number of aromatic nitrogens is 2. The average molecular weight is 518 g/mol. The number of allylic oxidation sites excluding steroid dienone is 3. The number of carbonyl (C=O) groups is 1. The van der Waals surface area contributed by atoms with Crippen LogP contribution in [-0.2, 0) is 11.3 Å². The van der Waals surface area contributed by atoms with E-state index in [1.807, 2.05) is 28.7 Å². The molecule has 1 saturated heterocycles. The lowest BCUT2D eigenvalue weighted by atomic mass is 9.99. The molecule has 2 N–H and O–H groups in total. The van der Waals surface area contributed by atoms with Gasteiger partial charge in [0.1, 0.15) is 17.3 Å². The Labute approximate surface area is 221 Å². The molecular weight excluding hydrogens is 485 g/mol. The minimum Gasteiger partial charge on any atom is -0.378 e. The summed E-state index contributed by atoms with van der Waals surface area (Å²) in [5.74, 6) is 0.0108. The number of halogens is 1. The number of pyridine rings is 1. The second kappa shape index (κ2) is 10.8. The molecule has 38 heavy (non-hydrogen) atoms. The van der Waals surface area contributed by atoms with Crippen molar-refractivity contribution in [2.24, 2.45) is 4.99 Å². The van der Waals surface area contributed by atoms with Crippen molar-refractivity contribution in [2.45, 2.75) is 19.5 Å². The van der Waals surface area contributed by atoms with Gasteiger partial charge in [0.05, 0.1) is 36.4 Å². The molecule has 2 aliphatic rings. The molecule has 10 heteroatoms. The number of hydrogen-bond donors (Lipinski definition) is 2. The number of amides is 1. The zero-order valence-corrected chi connectivity index (χ0v) is 21.9. The summed E-state index contributed by atoms with van der Waals surface area (Å²) >= 11 is 0. The number of likely N-dealkylation sites (N-methyl/N-ethyl adjacent to an activating group) is 1. The predicted molar refractivity (Wildman–Crippen MR) is 147 cm³/mol. The minimum absolute atomic E-state index is 0.168. The van der Waals surface area contributed by atoms with Gasteiger partial charge in [-0.15, -0.1) is 0 Å². The van der Waals surface area contributed by atoms with Crippen molar-refractivity contribution >= 4 is 24.0 Å². The number of carbonyl (C=O) groups excluding carboxylic acids is 1. The summed E-state index contributed by atoms with van der Waals surface area (Å²) in [5, 5.41) is 6.20. The van der Waals surface area contributed by atoms with Gasteiger partial charge in [0.2, 0.25) is 0 Å². The van der Waals surface area contributed by atoms with Gasteiger partial charge in [0.15, 0.2) is 0 Å². The fraction of sp³-hybridized carbons (Fsp3) is 0.321. The number of ether oxygens (including phenoxy) is 1. The van der Waals surface area contributed by atoms with Gasteiger partial charge < -0.3 is 25.2 Å². The highest BCUT2D eigenvalue weighted by atomic mass is 19.1. The van der Waals surface area contributed by atoms with Crippen molar-refractivity contribution in [2.75, 3.05) is 45.7 Å². The maximum Gasteiger partial charge on any atom is 0.254 e. The van der Waals surface area contributed by atoms with Gasteiger partial charge in [-0.2, -0.15) is 0 Å². The molecule has 0 radical (unpaired) electrons. The molecule has 4 heterocycles. The van der Waals surface area contributed by atoms with Gasteiger partial charge in [-0.3, -0.25) is 9.20 Å². The number of nitrogens with zero attached hydrogens (tertiary/aromatic N) is 5. The second-order valence-electron chi connectivity index (χ2n) is 9.69. The van der Waals surface area contributed by atoms with E-state index in [9.17, 15) is 9.18 Å². The molecule has 5 rings (SSSR count). The van der Waals surface area contributed by atoms with Crippen molar-refractivity contribution in [1.29, 1.82) is 0 Å². The van der Waals surface area contributed by atoms with Crippen LogP contribution >= 0.6 is 0 Å². The molecule has 1 amide bonds. The number of fused-ring (bicyclic) bond motifs is 2. The van der Waals surface area contributed by atoms with E-state index in [1.54, 1.807) is 12.4 Å². The van der Waals surface area contributed by atoms with Crippen LogP contribution in [0, 0.1) is 5.82 Å². The van der Waals surface area contributed by atoms with Crippen LogP contribution in [0.15, 0.2) is 65.3 Å². The molecule has 3 aromatic rings. The standard InChI is InChI=1S/C28H32FN7O2/c1-18(35-11-12-38-17-20(16-35)34(3)4)5-8-25(30-2)33-23-7-6-21(22-14-32-28(37)27(22)23)24-15-31-26-13-19(29)9-10-36(24)26/h5-10,13,15,20,33H,2,11-12,14,16-17H2,1,3-4H3,(H,32,37)/b18-5+,25-8+/t20-/m0/s1. The SMILES string of the molecule is C=N/C(=C\C=C(/C)N1CCOC[C@@H](N(C)C)C1)Nc1ccc(-c2cnc3cc(F)ccn23)c2c1C(=O)NC2. The van der Waals surface area contributed by atoms with Crippen molar-refractivity contribution in [1.82, 2.24) is 24.5 Å². The largest absolute Gasteiger partial charge is 0.378 e. The smallest absolute Gasteiger partial charge is 0.254 e. The molecular formula is C28H32FN7O2. The zero-order valence-electron chi connectivity index (χ0n) is 21.9. The van der Waals surface area contributed by atoms with Crippen LogP contribution in [0.5, 0.6) is 0 Å². The first-order valence-corrected chi connectivity index (χ1v) is 12.5. The summed E-state index contributed by atoms with van der Waals surface area (Å²) in [6.45, 7) is 9.25. The average Bonchev–Trinajstić information content (AvgIpc) is 3.40. The number of anilines is 1. The van der Waals surface area contributed by atoms with Gasteiger partial charge in [0, 0.05) is 49.2 Å². The summed E-state index contributed by atoms with van der Waals surface area (Å²) < 4.78 is 21.2. The number of nitrogens with one attached hydrogen (secondary N) is 2. The Balaban J connectivity index is 1.42. The number of rotatable bonds is 7. The summed E-state index contributed by atoms with van der Waals surface area (Å²) in [6.07, 6.45) is 7.20. The molecule has 2 aliphatic heterocycles. The Kier molecular flexibility index (Phi) is 7.26. The van der Waals surface area contributed by atoms with E-state index >= 15 is 0 Å². The van der Waals surface area contributed by atoms with E-state index in [0.717, 1.165) is 35.6 Å². The van der Waals surface area contributed by atoms with E-state index < -0.39 is 0 Å². The van der Waals surface area contributed by atoms with Crippen LogP contribution in [0.4, 0.5) is 10.1 Å². The Hall–Kier alpha value is -4.02. The van der Waals surface area contributed by atoms with Crippen LogP contribution in [0.25, 0.3) is 16.9 Å². The highest BCUT2D eigenvalue weighted by Crippen LogP contribution is 2.35. The molecule has 1 aromatic carbocycles. The highest BCUT2D eigenvalue weighted by Gasteiger charge is 2.27. The maximum atomic E-state index is 13.7. The lowest BCUT2D eigenvalue weighted by molar-refractivity contribution is 0.0966. The molecule has 0 spiro atoms. The second-order valence-corrected chi connectivity index (χ2v) is 9.69. The van der Waals surface area contributed by atoms with E-state index in [1.165, 1.54) is 12.1 Å².